The molecular formula is C12H12Cl2N4O. The fraction of sp³-hybridized carbons (Fsp3) is 0.167. The third-order valence-corrected chi connectivity index (χ3v) is 2.93. The zero-order valence-electron chi connectivity index (χ0n) is 10.4. The Morgan fingerprint density at radius 2 is 2.00 bits per heavy atom. The maximum atomic E-state index is 5.96. The third-order valence-electron chi connectivity index (χ3n) is 2.52. The molecule has 3 N–H and O–H groups in total. The standard InChI is InChI=1S/C12H12Cl2N4O/c1-6-10(15)11(18-12(14)16-6)17-8-5-7(13)3-4-9(8)19-2/h3-5H,15H2,1-2H3,(H,16,17,18). The molecule has 0 radical (unpaired) electrons. The fourth-order valence-corrected chi connectivity index (χ4v) is 1.93. The highest BCUT2D eigenvalue weighted by molar-refractivity contribution is 6.31. The van der Waals surface area contributed by atoms with E-state index in [1.54, 1.807) is 32.2 Å². The van der Waals surface area contributed by atoms with Crippen LogP contribution in [-0.2, 0) is 0 Å². The second kappa shape index (κ2) is 5.50. The van der Waals surface area contributed by atoms with E-state index in [1.807, 2.05) is 0 Å². The number of nitrogen functional groups attached to an aromatic ring is 1. The molecule has 1 aromatic heterocycles. The monoisotopic (exact) mass is 298 g/mol. The summed E-state index contributed by atoms with van der Waals surface area (Å²) >= 11 is 11.8. The van der Waals surface area contributed by atoms with Crippen molar-refractivity contribution in [2.24, 2.45) is 0 Å². The van der Waals surface area contributed by atoms with Crippen molar-refractivity contribution in [1.82, 2.24) is 9.97 Å². The molecule has 0 aliphatic rings. The molecule has 5 nitrogen and oxygen atoms in total. The summed E-state index contributed by atoms with van der Waals surface area (Å²) < 4.78 is 5.23. The zero-order chi connectivity index (χ0) is 14.0. The average molecular weight is 299 g/mol. The van der Waals surface area contributed by atoms with Crippen molar-refractivity contribution in [3.05, 3.63) is 34.2 Å². The minimum atomic E-state index is 0.121. The lowest BCUT2D eigenvalue weighted by Gasteiger charge is -2.13. The molecule has 7 heteroatoms. The molecule has 1 heterocycles. The Morgan fingerprint density at radius 3 is 2.68 bits per heavy atom. The Morgan fingerprint density at radius 1 is 1.26 bits per heavy atom. The molecule has 2 rings (SSSR count). The normalized spacial score (nSPS) is 10.3. The number of nitrogens with one attached hydrogen (secondary N) is 1. The lowest BCUT2D eigenvalue weighted by Crippen LogP contribution is -2.04. The molecule has 0 atom stereocenters. The maximum Gasteiger partial charge on any atom is 0.224 e. The number of halogens is 2. The lowest BCUT2D eigenvalue weighted by atomic mass is 10.2. The molecule has 0 unspecified atom stereocenters. The number of rotatable bonds is 3. The van der Waals surface area contributed by atoms with Gasteiger partial charge in [-0.05, 0) is 36.7 Å². The summed E-state index contributed by atoms with van der Waals surface area (Å²) in [4.78, 5) is 8.02. The second-order valence-electron chi connectivity index (χ2n) is 3.81. The van der Waals surface area contributed by atoms with Crippen molar-refractivity contribution in [1.29, 1.82) is 0 Å². The number of hydrogen-bond acceptors (Lipinski definition) is 5. The van der Waals surface area contributed by atoms with Gasteiger partial charge in [-0.15, -0.1) is 0 Å². The Labute approximate surface area is 120 Å². The Hall–Kier alpha value is -1.72. The number of nitrogens with zero attached hydrogens (tertiary/aromatic N) is 2. The van der Waals surface area contributed by atoms with Crippen molar-refractivity contribution >= 4 is 40.4 Å². The topological polar surface area (TPSA) is 73.1 Å². The van der Waals surface area contributed by atoms with E-state index in [0.717, 1.165) is 0 Å². The summed E-state index contributed by atoms with van der Waals surface area (Å²) in [5.74, 6) is 1.04. The van der Waals surface area contributed by atoms with Crippen LogP contribution in [0.25, 0.3) is 0 Å². The van der Waals surface area contributed by atoms with Crippen molar-refractivity contribution in [2.45, 2.75) is 6.92 Å². The quantitative estimate of drug-likeness (QED) is 0.849. The second-order valence-corrected chi connectivity index (χ2v) is 4.58. The highest BCUT2D eigenvalue weighted by Crippen LogP contribution is 2.32. The molecule has 1 aromatic carbocycles. The van der Waals surface area contributed by atoms with Gasteiger partial charge in [0.15, 0.2) is 5.82 Å². The molecular weight excluding hydrogens is 287 g/mol. The average Bonchev–Trinajstić information content (AvgIpc) is 2.35. The molecule has 0 aliphatic heterocycles. The predicted molar refractivity (Wildman–Crippen MR) is 77.5 cm³/mol. The number of nitrogens with two attached hydrogens (primary N) is 1. The first-order chi connectivity index (χ1) is 9.01. The fourth-order valence-electron chi connectivity index (χ4n) is 1.55. The van der Waals surface area contributed by atoms with E-state index in [4.69, 9.17) is 33.7 Å². The van der Waals surface area contributed by atoms with Crippen LogP contribution >= 0.6 is 23.2 Å². The van der Waals surface area contributed by atoms with Crippen LogP contribution in [-0.4, -0.2) is 17.1 Å². The van der Waals surface area contributed by atoms with Gasteiger partial charge in [0.2, 0.25) is 5.28 Å². The van der Waals surface area contributed by atoms with Crippen LogP contribution in [0.15, 0.2) is 18.2 Å². The lowest BCUT2D eigenvalue weighted by molar-refractivity contribution is 0.417. The molecule has 0 aliphatic carbocycles. The minimum absolute atomic E-state index is 0.121. The molecule has 2 aromatic rings. The largest absolute Gasteiger partial charge is 0.495 e. The van der Waals surface area contributed by atoms with Gasteiger partial charge in [-0.25, -0.2) is 4.98 Å². The van der Waals surface area contributed by atoms with Gasteiger partial charge in [0.25, 0.3) is 0 Å². The first-order valence-corrected chi connectivity index (χ1v) is 6.17. The van der Waals surface area contributed by atoms with Crippen LogP contribution in [0.4, 0.5) is 17.2 Å². The van der Waals surface area contributed by atoms with Gasteiger partial charge in [0.1, 0.15) is 5.75 Å². The molecule has 0 amide bonds. The summed E-state index contributed by atoms with van der Waals surface area (Å²) in [6.45, 7) is 1.75. The van der Waals surface area contributed by atoms with E-state index in [1.165, 1.54) is 0 Å². The van der Waals surface area contributed by atoms with Gasteiger partial charge in [0, 0.05) is 5.02 Å². The first kappa shape index (κ1) is 13.7. The van der Waals surface area contributed by atoms with E-state index in [-0.39, 0.29) is 5.28 Å². The smallest absolute Gasteiger partial charge is 0.224 e. The molecule has 0 bridgehead atoms. The van der Waals surface area contributed by atoms with Gasteiger partial charge in [-0.2, -0.15) is 4.98 Å². The van der Waals surface area contributed by atoms with E-state index in [2.05, 4.69) is 15.3 Å². The Balaban J connectivity index is 2.44. The SMILES string of the molecule is COc1ccc(Cl)cc1Nc1nc(Cl)nc(C)c1N. The van der Waals surface area contributed by atoms with Crippen LogP contribution < -0.4 is 15.8 Å². The number of aromatic nitrogens is 2. The van der Waals surface area contributed by atoms with Crippen molar-refractivity contribution < 1.29 is 4.74 Å². The first-order valence-electron chi connectivity index (χ1n) is 5.41. The van der Waals surface area contributed by atoms with Crippen LogP contribution in [0.1, 0.15) is 5.69 Å². The summed E-state index contributed by atoms with van der Waals surface area (Å²) in [7, 11) is 1.57. The number of anilines is 3. The van der Waals surface area contributed by atoms with Gasteiger partial charge in [0.05, 0.1) is 24.2 Å². The number of ether oxygens (including phenoxy) is 1. The molecule has 0 fully saturated rings. The van der Waals surface area contributed by atoms with Gasteiger partial charge < -0.3 is 15.8 Å². The van der Waals surface area contributed by atoms with Crippen LogP contribution in [0.3, 0.4) is 0 Å². The Bertz CT molecular complexity index is 619. The van der Waals surface area contributed by atoms with Crippen molar-refractivity contribution in [3.63, 3.8) is 0 Å². The number of methoxy groups -OCH3 is 1. The third kappa shape index (κ3) is 3.00. The molecule has 0 spiro atoms. The minimum Gasteiger partial charge on any atom is -0.495 e. The maximum absolute atomic E-state index is 5.96. The van der Waals surface area contributed by atoms with Gasteiger partial charge in [-0.1, -0.05) is 11.6 Å². The van der Waals surface area contributed by atoms with Crippen LogP contribution in [0.2, 0.25) is 10.3 Å². The molecule has 0 saturated carbocycles. The van der Waals surface area contributed by atoms with Crippen LogP contribution in [0.5, 0.6) is 5.75 Å². The summed E-state index contributed by atoms with van der Waals surface area (Å²) in [6, 6.07) is 5.19. The Kier molecular flexibility index (Phi) is 3.97. The number of hydrogen-bond donors (Lipinski definition) is 2. The molecule has 100 valence electrons. The van der Waals surface area contributed by atoms with Crippen molar-refractivity contribution in [3.8, 4) is 5.75 Å². The number of benzene rings is 1. The van der Waals surface area contributed by atoms with Crippen molar-refractivity contribution in [2.75, 3.05) is 18.2 Å². The summed E-state index contributed by atoms with van der Waals surface area (Å²) in [5.41, 5.74) is 7.58. The number of aryl methyl sites for hydroxylation is 1. The van der Waals surface area contributed by atoms with E-state index >= 15 is 0 Å². The molecule has 0 saturated heterocycles. The highest BCUT2D eigenvalue weighted by atomic mass is 35.5. The highest BCUT2D eigenvalue weighted by Gasteiger charge is 2.11. The zero-order valence-corrected chi connectivity index (χ0v) is 11.9. The van der Waals surface area contributed by atoms with E-state index in [9.17, 15) is 0 Å². The van der Waals surface area contributed by atoms with E-state index < -0.39 is 0 Å². The molecule has 19 heavy (non-hydrogen) atoms. The summed E-state index contributed by atoms with van der Waals surface area (Å²) in [5, 5.41) is 3.73. The van der Waals surface area contributed by atoms with Gasteiger partial charge in [-0.3, -0.25) is 0 Å². The van der Waals surface area contributed by atoms with E-state index in [0.29, 0.717) is 33.7 Å². The van der Waals surface area contributed by atoms with Gasteiger partial charge >= 0.3 is 0 Å². The van der Waals surface area contributed by atoms with Crippen LogP contribution in [0, 0.1) is 6.92 Å². The summed E-state index contributed by atoms with van der Waals surface area (Å²) in [6.07, 6.45) is 0. The predicted octanol–water partition coefficient (Wildman–Crippen LogP) is 3.43.